The first-order valence-electron chi connectivity index (χ1n) is 8.69. The zero-order chi connectivity index (χ0) is 21.4. The van der Waals surface area contributed by atoms with Crippen molar-refractivity contribution in [3.63, 3.8) is 0 Å². The van der Waals surface area contributed by atoms with E-state index in [-0.39, 0.29) is 41.4 Å². The van der Waals surface area contributed by atoms with Crippen LogP contribution in [-0.4, -0.2) is 36.0 Å². The predicted molar refractivity (Wildman–Crippen MR) is 98.8 cm³/mol. The summed E-state index contributed by atoms with van der Waals surface area (Å²) in [6, 6.07) is 6.90. The Morgan fingerprint density at radius 1 is 1.03 bits per heavy atom. The van der Waals surface area contributed by atoms with E-state index < -0.39 is 30.1 Å². The molecule has 2 rings (SSSR count). The van der Waals surface area contributed by atoms with Crippen molar-refractivity contribution in [3.8, 4) is 11.5 Å². The molecule has 0 aromatic heterocycles. The average molecular weight is 407 g/mol. The molecule has 154 valence electrons. The number of esters is 1. The van der Waals surface area contributed by atoms with Crippen molar-refractivity contribution in [1.82, 2.24) is 0 Å². The molecule has 0 fully saturated rings. The highest BCUT2D eigenvalue weighted by Crippen LogP contribution is 2.27. The third kappa shape index (κ3) is 6.56. The molecule has 0 aliphatic rings. The maximum atomic E-state index is 13.1. The number of phenols is 1. The van der Waals surface area contributed by atoms with Crippen molar-refractivity contribution in [1.29, 1.82) is 0 Å². The highest BCUT2D eigenvalue weighted by Gasteiger charge is 2.14. The molecule has 0 aliphatic heterocycles. The number of hydrogen-bond donors (Lipinski definition) is 2. The highest BCUT2D eigenvalue weighted by atomic mass is 19.2. The van der Waals surface area contributed by atoms with Gasteiger partial charge in [-0.25, -0.2) is 8.78 Å². The Hall–Kier alpha value is -3.49. The molecular weight excluding hydrogens is 388 g/mol. The second-order valence-electron chi connectivity index (χ2n) is 5.88. The van der Waals surface area contributed by atoms with Crippen LogP contribution in [0.1, 0.15) is 30.1 Å². The zero-order valence-electron chi connectivity index (χ0n) is 15.5. The van der Waals surface area contributed by atoms with Crippen LogP contribution in [-0.2, 0) is 14.3 Å². The number of anilines is 1. The van der Waals surface area contributed by atoms with Gasteiger partial charge in [-0.2, -0.15) is 0 Å². The molecule has 0 saturated heterocycles. The molecule has 2 aromatic rings. The van der Waals surface area contributed by atoms with Gasteiger partial charge < -0.3 is 19.9 Å². The number of Topliss-reactive ketones (excluding diaryl/α,β-unsaturated/α-hetero) is 1. The molecule has 0 saturated carbocycles. The number of hydrogen-bond acceptors (Lipinski definition) is 6. The number of nitrogens with one attached hydrogen (secondary N) is 1. The number of halogens is 2. The fraction of sp³-hybridized carbons (Fsp3) is 0.250. The number of carbonyl (C=O) groups is 3. The fourth-order valence-electron chi connectivity index (χ4n) is 2.31. The minimum absolute atomic E-state index is 0.0116. The number of aromatic hydroxyl groups is 1. The summed E-state index contributed by atoms with van der Waals surface area (Å²) >= 11 is 0. The van der Waals surface area contributed by atoms with Gasteiger partial charge in [0.05, 0.1) is 13.0 Å². The molecule has 0 bridgehead atoms. The van der Waals surface area contributed by atoms with Crippen LogP contribution >= 0.6 is 0 Å². The molecule has 9 heteroatoms. The molecule has 7 nitrogen and oxygen atoms in total. The van der Waals surface area contributed by atoms with Gasteiger partial charge in [0.2, 0.25) is 0 Å². The van der Waals surface area contributed by atoms with Gasteiger partial charge in [-0.15, -0.1) is 0 Å². The van der Waals surface area contributed by atoms with Gasteiger partial charge >= 0.3 is 5.97 Å². The first-order chi connectivity index (χ1) is 13.8. The summed E-state index contributed by atoms with van der Waals surface area (Å²) in [7, 11) is 0. The van der Waals surface area contributed by atoms with Crippen LogP contribution in [0.5, 0.6) is 11.5 Å². The van der Waals surface area contributed by atoms with Gasteiger partial charge in [0.1, 0.15) is 0 Å². The third-order valence-corrected chi connectivity index (χ3v) is 3.71. The van der Waals surface area contributed by atoms with E-state index in [0.717, 1.165) is 18.2 Å². The van der Waals surface area contributed by atoms with E-state index in [1.54, 1.807) is 6.92 Å². The largest absolute Gasteiger partial charge is 0.504 e. The molecule has 0 heterocycles. The molecule has 0 aliphatic carbocycles. The Bertz CT molecular complexity index is 916. The summed E-state index contributed by atoms with van der Waals surface area (Å²) in [6.07, 6.45) is -0.428. The van der Waals surface area contributed by atoms with Crippen LogP contribution in [0.3, 0.4) is 0 Å². The standard InChI is InChI=1S/C20H19F2NO6/c1-2-28-18-9-12(3-6-17(18)25)16(24)7-8-20(27)29-11-19(26)23-13-4-5-14(21)15(22)10-13/h3-6,9-10,25H,2,7-8,11H2,1H3,(H,23,26). The number of phenolic OH excluding ortho intramolecular Hbond substituents is 1. The van der Waals surface area contributed by atoms with Crippen LogP contribution in [0.15, 0.2) is 36.4 Å². The summed E-state index contributed by atoms with van der Waals surface area (Å²) in [6.45, 7) is 1.40. The van der Waals surface area contributed by atoms with Crippen molar-refractivity contribution in [2.24, 2.45) is 0 Å². The summed E-state index contributed by atoms with van der Waals surface area (Å²) < 4.78 is 35.9. The van der Waals surface area contributed by atoms with Crippen molar-refractivity contribution in [2.45, 2.75) is 19.8 Å². The minimum atomic E-state index is -1.12. The molecule has 0 atom stereocenters. The van der Waals surface area contributed by atoms with Crippen LogP contribution in [0.25, 0.3) is 0 Å². The second-order valence-corrected chi connectivity index (χ2v) is 5.88. The lowest BCUT2D eigenvalue weighted by Crippen LogP contribution is -2.21. The highest BCUT2D eigenvalue weighted by molar-refractivity contribution is 5.98. The van der Waals surface area contributed by atoms with Crippen LogP contribution < -0.4 is 10.1 Å². The number of rotatable bonds is 9. The lowest BCUT2D eigenvalue weighted by Gasteiger charge is -2.08. The van der Waals surface area contributed by atoms with Gasteiger partial charge in [0.25, 0.3) is 5.91 Å². The Labute approximate surface area is 165 Å². The fourth-order valence-corrected chi connectivity index (χ4v) is 2.31. The molecule has 2 aromatic carbocycles. The summed E-state index contributed by atoms with van der Waals surface area (Å²) in [5, 5.41) is 11.9. The summed E-state index contributed by atoms with van der Waals surface area (Å²) in [4.78, 5) is 35.6. The van der Waals surface area contributed by atoms with Gasteiger partial charge in [0.15, 0.2) is 35.5 Å². The first-order valence-corrected chi connectivity index (χ1v) is 8.69. The van der Waals surface area contributed by atoms with E-state index in [0.29, 0.717) is 6.61 Å². The van der Waals surface area contributed by atoms with Crippen molar-refractivity contribution in [3.05, 3.63) is 53.6 Å². The Morgan fingerprint density at radius 2 is 1.79 bits per heavy atom. The van der Waals surface area contributed by atoms with E-state index in [4.69, 9.17) is 9.47 Å². The number of ketones is 1. The van der Waals surface area contributed by atoms with E-state index in [1.165, 1.54) is 18.2 Å². The van der Waals surface area contributed by atoms with E-state index in [2.05, 4.69) is 5.32 Å². The summed E-state index contributed by atoms with van der Waals surface area (Å²) in [5.41, 5.74) is 0.271. The van der Waals surface area contributed by atoms with Gasteiger partial charge in [-0.05, 0) is 37.3 Å². The molecular formula is C20H19F2NO6. The number of ether oxygens (including phenoxy) is 2. The normalized spacial score (nSPS) is 10.3. The first kappa shape index (κ1) is 21.8. The van der Waals surface area contributed by atoms with Gasteiger partial charge in [-0.3, -0.25) is 14.4 Å². The second kappa shape index (κ2) is 10.2. The number of amides is 1. The smallest absolute Gasteiger partial charge is 0.306 e. The number of benzene rings is 2. The van der Waals surface area contributed by atoms with E-state index in [9.17, 15) is 28.3 Å². The Balaban J connectivity index is 1.79. The minimum Gasteiger partial charge on any atom is -0.504 e. The lowest BCUT2D eigenvalue weighted by molar-refractivity contribution is -0.147. The molecule has 0 radical (unpaired) electrons. The molecule has 0 unspecified atom stereocenters. The van der Waals surface area contributed by atoms with Crippen LogP contribution in [0.2, 0.25) is 0 Å². The maximum absolute atomic E-state index is 13.1. The quantitative estimate of drug-likeness (QED) is 0.489. The molecule has 29 heavy (non-hydrogen) atoms. The van der Waals surface area contributed by atoms with Gasteiger partial charge in [-0.1, -0.05) is 0 Å². The maximum Gasteiger partial charge on any atom is 0.306 e. The molecule has 1 amide bonds. The topological polar surface area (TPSA) is 102 Å². The van der Waals surface area contributed by atoms with Gasteiger partial charge in [0, 0.05) is 23.7 Å². The van der Waals surface area contributed by atoms with E-state index >= 15 is 0 Å². The summed E-state index contributed by atoms with van der Waals surface area (Å²) in [5.74, 6) is -4.00. The van der Waals surface area contributed by atoms with Crippen LogP contribution in [0.4, 0.5) is 14.5 Å². The van der Waals surface area contributed by atoms with Crippen LogP contribution in [0, 0.1) is 11.6 Å². The predicted octanol–water partition coefficient (Wildman–Crippen LogP) is 3.21. The average Bonchev–Trinajstić information content (AvgIpc) is 2.69. The van der Waals surface area contributed by atoms with Crippen molar-refractivity contribution >= 4 is 23.3 Å². The molecule has 2 N–H and O–H groups in total. The Morgan fingerprint density at radius 3 is 2.48 bits per heavy atom. The SMILES string of the molecule is CCOc1cc(C(=O)CCC(=O)OCC(=O)Nc2ccc(F)c(F)c2)ccc1O. The third-order valence-electron chi connectivity index (χ3n) is 3.71. The monoisotopic (exact) mass is 407 g/mol. The van der Waals surface area contributed by atoms with Crippen molar-refractivity contribution in [2.75, 3.05) is 18.5 Å². The lowest BCUT2D eigenvalue weighted by atomic mass is 10.1. The van der Waals surface area contributed by atoms with Crippen molar-refractivity contribution < 1.29 is 37.7 Å². The van der Waals surface area contributed by atoms with E-state index in [1.807, 2.05) is 0 Å². The zero-order valence-corrected chi connectivity index (χ0v) is 15.5. The number of carbonyl (C=O) groups excluding carboxylic acids is 3. The molecule has 0 spiro atoms. The Kier molecular flexibility index (Phi) is 7.64.